The van der Waals surface area contributed by atoms with E-state index in [0.717, 1.165) is 16.9 Å². The van der Waals surface area contributed by atoms with Crippen LogP contribution in [0.5, 0.6) is 0 Å². The molecule has 0 amide bonds. The topological polar surface area (TPSA) is 29.3 Å². The minimum Gasteiger partial charge on any atom is -0.374 e. The van der Waals surface area contributed by atoms with Gasteiger partial charge < -0.3 is 10.6 Å². The molecule has 17 heavy (non-hydrogen) atoms. The molecule has 0 bridgehead atoms. The molecule has 0 aliphatic heterocycles. The van der Waals surface area contributed by atoms with E-state index in [1.165, 1.54) is 17.7 Å². The van der Waals surface area contributed by atoms with Gasteiger partial charge in [0.2, 0.25) is 0 Å². The highest BCUT2D eigenvalue weighted by Gasteiger charge is 2.11. The van der Waals surface area contributed by atoms with Gasteiger partial charge in [-0.3, -0.25) is 0 Å². The first-order valence-corrected chi connectivity index (χ1v) is 6.97. The molecule has 1 unspecified atom stereocenters. The Hall–Kier alpha value is -0.540. The van der Waals surface area contributed by atoms with Crippen molar-refractivity contribution in [3.63, 3.8) is 0 Å². The van der Waals surface area contributed by atoms with Crippen LogP contribution in [0.2, 0.25) is 0 Å². The van der Waals surface area contributed by atoms with Gasteiger partial charge in [-0.2, -0.15) is 0 Å². The van der Waals surface area contributed by atoms with Crippen LogP contribution in [0.15, 0.2) is 22.7 Å². The fraction of sp³-hybridized carbons (Fsp3) is 0.571. The summed E-state index contributed by atoms with van der Waals surface area (Å²) in [5.74, 6) is 0.725. The van der Waals surface area contributed by atoms with Gasteiger partial charge in [0, 0.05) is 29.8 Å². The molecule has 96 valence electrons. The van der Waals surface area contributed by atoms with Gasteiger partial charge in [-0.05, 0) is 37.0 Å². The zero-order chi connectivity index (χ0) is 13.0. The predicted molar refractivity (Wildman–Crippen MR) is 79.5 cm³/mol. The van der Waals surface area contributed by atoms with E-state index >= 15 is 0 Å². The average molecular weight is 299 g/mol. The summed E-state index contributed by atoms with van der Waals surface area (Å²) in [6, 6.07) is 6.38. The van der Waals surface area contributed by atoms with Gasteiger partial charge in [-0.15, -0.1) is 0 Å². The summed E-state index contributed by atoms with van der Waals surface area (Å²) in [4.78, 5) is 2.30. The Morgan fingerprint density at radius 1 is 1.29 bits per heavy atom. The lowest BCUT2D eigenvalue weighted by Crippen LogP contribution is -2.22. The highest BCUT2D eigenvalue weighted by molar-refractivity contribution is 9.10. The zero-order valence-corrected chi connectivity index (χ0v) is 12.8. The van der Waals surface area contributed by atoms with Crippen LogP contribution in [0.4, 0.5) is 5.69 Å². The van der Waals surface area contributed by atoms with Crippen LogP contribution in [-0.4, -0.2) is 13.6 Å². The monoisotopic (exact) mass is 298 g/mol. The van der Waals surface area contributed by atoms with Crippen LogP contribution >= 0.6 is 15.9 Å². The van der Waals surface area contributed by atoms with Gasteiger partial charge in [0.05, 0.1) is 0 Å². The lowest BCUT2D eigenvalue weighted by Gasteiger charge is -2.25. The summed E-state index contributed by atoms with van der Waals surface area (Å²) >= 11 is 3.53. The third kappa shape index (κ3) is 4.32. The summed E-state index contributed by atoms with van der Waals surface area (Å²) in [6.07, 6.45) is 1.20. The van der Waals surface area contributed by atoms with E-state index in [0.29, 0.717) is 0 Å². The van der Waals surface area contributed by atoms with Crippen molar-refractivity contribution in [1.82, 2.24) is 0 Å². The number of nitrogens with zero attached hydrogens (tertiary/aromatic N) is 1. The molecule has 2 nitrogen and oxygen atoms in total. The number of hydrogen-bond acceptors (Lipinski definition) is 2. The summed E-state index contributed by atoms with van der Waals surface area (Å²) in [5, 5.41) is 0. The van der Waals surface area contributed by atoms with Crippen molar-refractivity contribution in [2.24, 2.45) is 11.7 Å². The molecule has 0 saturated carbocycles. The van der Waals surface area contributed by atoms with Gasteiger partial charge in [0.25, 0.3) is 0 Å². The predicted octanol–water partition coefficient (Wildman–Crippen LogP) is 3.95. The van der Waals surface area contributed by atoms with Crippen LogP contribution in [0.3, 0.4) is 0 Å². The summed E-state index contributed by atoms with van der Waals surface area (Å²) in [7, 11) is 2.13. The Morgan fingerprint density at radius 3 is 2.47 bits per heavy atom. The van der Waals surface area contributed by atoms with Crippen LogP contribution in [0, 0.1) is 5.92 Å². The lowest BCUT2D eigenvalue weighted by molar-refractivity contribution is 0.584. The number of rotatable bonds is 5. The zero-order valence-electron chi connectivity index (χ0n) is 11.2. The standard InChI is InChI=1S/C14H23BrN2/c1-10(2)7-8-17(4)14-9-12(15)5-6-13(14)11(3)16/h5-6,9-11H,7-8,16H2,1-4H3. The lowest BCUT2D eigenvalue weighted by atomic mass is 10.1. The SMILES string of the molecule is CC(C)CCN(C)c1cc(Br)ccc1C(C)N. The quantitative estimate of drug-likeness (QED) is 0.892. The Labute approximate surface area is 113 Å². The smallest absolute Gasteiger partial charge is 0.0423 e. The molecule has 0 aliphatic carbocycles. The van der Waals surface area contributed by atoms with Crippen LogP contribution in [0.25, 0.3) is 0 Å². The maximum absolute atomic E-state index is 6.02. The second kappa shape index (κ2) is 6.41. The number of benzene rings is 1. The number of nitrogens with two attached hydrogens (primary N) is 1. The summed E-state index contributed by atoms with van der Waals surface area (Å²) in [6.45, 7) is 7.60. The van der Waals surface area contributed by atoms with E-state index in [9.17, 15) is 0 Å². The van der Waals surface area contributed by atoms with Crippen LogP contribution in [-0.2, 0) is 0 Å². The average Bonchev–Trinajstić information content (AvgIpc) is 2.25. The molecule has 0 spiro atoms. The van der Waals surface area contributed by atoms with E-state index in [4.69, 9.17) is 5.73 Å². The fourth-order valence-electron chi connectivity index (χ4n) is 1.80. The molecule has 0 aliphatic rings. The van der Waals surface area contributed by atoms with Gasteiger partial charge in [-0.1, -0.05) is 35.8 Å². The van der Waals surface area contributed by atoms with Gasteiger partial charge in [0.1, 0.15) is 0 Å². The second-order valence-electron chi connectivity index (χ2n) is 5.10. The molecular formula is C14H23BrN2. The third-order valence-corrected chi connectivity index (χ3v) is 3.43. The highest BCUT2D eigenvalue weighted by atomic mass is 79.9. The molecular weight excluding hydrogens is 276 g/mol. The molecule has 1 rings (SSSR count). The Bertz CT molecular complexity index is 361. The number of hydrogen-bond donors (Lipinski definition) is 1. The van der Waals surface area contributed by atoms with Gasteiger partial charge >= 0.3 is 0 Å². The van der Waals surface area contributed by atoms with Crippen molar-refractivity contribution < 1.29 is 0 Å². The Balaban J connectivity index is 2.90. The molecule has 2 N–H and O–H groups in total. The van der Waals surface area contributed by atoms with Crippen molar-refractivity contribution >= 4 is 21.6 Å². The molecule has 0 aromatic heterocycles. The van der Waals surface area contributed by atoms with Gasteiger partial charge in [-0.25, -0.2) is 0 Å². The molecule has 1 atom stereocenters. The Kier molecular flexibility index (Phi) is 5.47. The first-order chi connectivity index (χ1) is 7.91. The highest BCUT2D eigenvalue weighted by Crippen LogP contribution is 2.28. The van der Waals surface area contributed by atoms with E-state index in [-0.39, 0.29) is 6.04 Å². The van der Waals surface area contributed by atoms with E-state index in [2.05, 4.69) is 59.9 Å². The van der Waals surface area contributed by atoms with Crippen molar-refractivity contribution in [3.8, 4) is 0 Å². The van der Waals surface area contributed by atoms with Crippen LogP contribution < -0.4 is 10.6 Å². The molecule has 1 aromatic carbocycles. The number of halogens is 1. The fourth-order valence-corrected chi connectivity index (χ4v) is 2.15. The molecule has 0 heterocycles. The van der Waals surface area contributed by atoms with Crippen LogP contribution in [0.1, 0.15) is 38.8 Å². The van der Waals surface area contributed by atoms with Gasteiger partial charge in [0.15, 0.2) is 0 Å². The van der Waals surface area contributed by atoms with Crippen molar-refractivity contribution in [2.75, 3.05) is 18.5 Å². The van der Waals surface area contributed by atoms with Crippen molar-refractivity contribution in [2.45, 2.75) is 33.2 Å². The molecule has 0 saturated heterocycles. The largest absolute Gasteiger partial charge is 0.374 e. The first kappa shape index (κ1) is 14.5. The minimum absolute atomic E-state index is 0.0691. The molecule has 0 radical (unpaired) electrons. The van der Waals surface area contributed by atoms with E-state index < -0.39 is 0 Å². The number of anilines is 1. The molecule has 3 heteroatoms. The van der Waals surface area contributed by atoms with E-state index in [1.54, 1.807) is 0 Å². The molecule has 0 fully saturated rings. The van der Waals surface area contributed by atoms with Crippen molar-refractivity contribution in [1.29, 1.82) is 0 Å². The van der Waals surface area contributed by atoms with Crippen molar-refractivity contribution in [3.05, 3.63) is 28.2 Å². The molecule has 1 aromatic rings. The maximum atomic E-state index is 6.02. The summed E-state index contributed by atoms with van der Waals surface area (Å²) < 4.78 is 1.10. The minimum atomic E-state index is 0.0691. The third-order valence-electron chi connectivity index (χ3n) is 2.94. The second-order valence-corrected chi connectivity index (χ2v) is 6.01. The van der Waals surface area contributed by atoms with E-state index in [1.807, 2.05) is 6.92 Å². The summed E-state index contributed by atoms with van der Waals surface area (Å²) in [5.41, 5.74) is 8.46. The maximum Gasteiger partial charge on any atom is 0.0423 e. The Morgan fingerprint density at radius 2 is 1.94 bits per heavy atom. The normalized spacial score (nSPS) is 12.9. The first-order valence-electron chi connectivity index (χ1n) is 6.18.